The van der Waals surface area contributed by atoms with Gasteiger partial charge in [-0.15, -0.1) is 0 Å². The van der Waals surface area contributed by atoms with Crippen LogP contribution in [-0.2, 0) is 40.1 Å². The first kappa shape index (κ1) is 24.8. The van der Waals surface area contributed by atoms with Gasteiger partial charge in [0.2, 0.25) is 0 Å². The summed E-state index contributed by atoms with van der Waals surface area (Å²) in [5.41, 5.74) is -1.03. The van der Waals surface area contributed by atoms with Gasteiger partial charge in [-0.25, -0.2) is 9.18 Å². The van der Waals surface area contributed by atoms with Crippen molar-refractivity contribution in [1.29, 1.82) is 0 Å². The molecule has 0 aliphatic carbocycles. The molecule has 3 aliphatic heterocycles. The van der Waals surface area contributed by atoms with E-state index in [0.29, 0.717) is 37.6 Å². The van der Waals surface area contributed by atoms with Gasteiger partial charge in [-0.05, 0) is 18.6 Å². The Balaban J connectivity index is 1.48. The van der Waals surface area contributed by atoms with Crippen LogP contribution in [0.5, 0.6) is 5.75 Å². The lowest BCUT2D eigenvalue weighted by Crippen LogP contribution is -2.44. The minimum Gasteiger partial charge on any atom is -0.490 e. The van der Waals surface area contributed by atoms with E-state index in [2.05, 4.69) is 4.90 Å². The number of aliphatic hydroxyl groups is 1. The predicted molar refractivity (Wildman–Crippen MR) is 135 cm³/mol. The maximum atomic E-state index is 14.7. The van der Waals surface area contributed by atoms with Gasteiger partial charge in [-0.2, -0.15) is 0 Å². The number of carbonyl (C=O) groups is 1. The summed E-state index contributed by atoms with van der Waals surface area (Å²) >= 11 is 0. The van der Waals surface area contributed by atoms with Crippen molar-refractivity contribution >= 4 is 16.9 Å². The Kier molecular flexibility index (Phi) is 5.89. The number of nitrogens with zero attached hydrogens (tertiary/aromatic N) is 3. The van der Waals surface area contributed by atoms with Crippen molar-refractivity contribution < 1.29 is 28.5 Å². The van der Waals surface area contributed by atoms with Crippen molar-refractivity contribution in [3.8, 4) is 17.0 Å². The normalized spacial score (nSPS) is 20.7. The fourth-order valence-electron chi connectivity index (χ4n) is 5.74. The highest BCUT2D eigenvalue weighted by atomic mass is 19.1. The van der Waals surface area contributed by atoms with E-state index in [4.69, 9.17) is 14.2 Å². The van der Waals surface area contributed by atoms with Gasteiger partial charge in [0.25, 0.3) is 5.56 Å². The van der Waals surface area contributed by atoms with Crippen molar-refractivity contribution in [2.75, 3.05) is 39.5 Å². The molecule has 38 heavy (non-hydrogen) atoms. The van der Waals surface area contributed by atoms with E-state index in [1.165, 1.54) is 22.8 Å². The Morgan fingerprint density at radius 1 is 1.16 bits per heavy atom. The Morgan fingerprint density at radius 3 is 2.66 bits per heavy atom. The smallest absolute Gasteiger partial charge is 0.343 e. The molecule has 1 N–H and O–H groups in total. The molecule has 1 atom stereocenters. The lowest BCUT2D eigenvalue weighted by molar-refractivity contribution is -0.172. The fraction of sp³-hybridized carbons (Fsp3) is 0.444. The lowest BCUT2D eigenvalue weighted by atomic mass is 9.86. The van der Waals surface area contributed by atoms with Crippen LogP contribution in [0.2, 0.25) is 0 Å². The van der Waals surface area contributed by atoms with Crippen LogP contribution >= 0.6 is 0 Å². The molecule has 1 fully saturated rings. The number of benzene rings is 1. The van der Waals surface area contributed by atoms with Gasteiger partial charge in [0, 0.05) is 38.3 Å². The summed E-state index contributed by atoms with van der Waals surface area (Å²) in [5, 5.41) is 11.2. The standard InChI is InChI=1S/C27H28FN3O7/c1-3-27(35)18-12-19-22-20(13-31(19)25(33)17(18)14-38-26(27)34)29(2)23-16(24(22)32)10-15(28)11-21(23)37-9-6-30-4-7-36-8-5-30/h10-12,35H,3-9,13-14H2,1-2H3/t27-/m0/s1. The van der Waals surface area contributed by atoms with Gasteiger partial charge in [0.15, 0.2) is 11.0 Å². The Bertz CT molecular complexity index is 1610. The second kappa shape index (κ2) is 9.04. The number of hydrogen-bond donors (Lipinski definition) is 1. The minimum atomic E-state index is -1.99. The van der Waals surface area contributed by atoms with Gasteiger partial charge in [-0.3, -0.25) is 14.5 Å². The molecule has 0 saturated carbocycles. The number of aryl methyl sites for hydroxylation is 1. The van der Waals surface area contributed by atoms with E-state index in [1.807, 2.05) is 0 Å². The summed E-state index contributed by atoms with van der Waals surface area (Å²) in [5.74, 6) is -1.19. The van der Waals surface area contributed by atoms with Crippen LogP contribution < -0.4 is 15.7 Å². The third-order valence-corrected chi connectivity index (χ3v) is 7.92. The number of esters is 1. The first-order valence-electron chi connectivity index (χ1n) is 12.7. The molecule has 10 nitrogen and oxygen atoms in total. The van der Waals surface area contributed by atoms with Crippen LogP contribution in [0.25, 0.3) is 22.2 Å². The number of ether oxygens (including phenoxy) is 3. The van der Waals surface area contributed by atoms with Crippen LogP contribution in [0.4, 0.5) is 4.39 Å². The van der Waals surface area contributed by atoms with E-state index >= 15 is 0 Å². The van der Waals surface area contributed by atoms with Crippen molar-refractivity contribution in [2.24, 2.45) is 7.05 Å². The topological polar surface area (TPSA) is 112 Å². The highest BCUT2D eigenvalue weighted by molar-refractivity contribution is 5.91. The van der Waals surface area contributed by atoms with E-state index in [1.54, 1.807) is 18.5 Å². The minimum absolute atomic E-state index is 0.000672. The van der Waals surface area contributed by atoms with Gasteiger partial charge < -0.3 is 28.5 Å². The molecule has 1 aromatic carbocycles. The monoisotopic (exact) mass is 525 g/mol. The van der Waals surface area contributed by atoms with E-state index in [0.717, 1.165) is 13.1 Å². The largest absolute Gasteiger partial charge is 0.490 e. The maximum absolute atomic E-state index is 14.7. The molecule has 0 radical (unpaired) electrons. The van der Waals surface area contributed by atoms with Crippen LogP contribution in [0, 0.1) is 5.82 Å². The molecule has 3 aromatic rings. The van der Waals surface area contributed by atoms with Gasteiger partial charge in [-0.1, -0.05) is 6.92 Å². The quantitative estimate of drug-likeness (QED) is 0.388. The van der Waals surface area contributed by atoms with E-state index < -0.39 is 28.4 Å². The zero-order valence-corrected chi connectivity index (χ0v) is 21.2. The number of fused-ring (bicyclic) bond motifs is 5. The van der Waals surface area contributed by atoms with Gasteiger partial charge in [0.1, 0.15) is 24.8 Å². The summed E-state index contributed by atoms with van der Waals surface area (Å²) in [6.07, 6.45) is 0.000672. The predicted octanol–water partition coefficient (Wildman–Crippen LogP) is 1.23. The second-order valence-corrected chi connectivity index (χ2v) is 9.92. The molecule has 6 rings (SSSR count). The van der Waals surface area contributed by atoms with Crippen molar-refractivity contribution in [3.05, 3.63) is 61.4 Å². The molecule has 3 aliphatic rings. The number of carbonyl (C=O) groups excluding carboxylic acids is 1. The van der Waals surface area contributed by atoms with Gasteiger partial charge >= 0.3 is 5.97 Å². The van der Waals surface area contributed by atoms with Crippen molar-refractivity contribution in [3.63, 3.8) is 0 Å². The SMILES string of the molecule is CC[C@@]1(O)C(=O)OCc2c1cc1n(c2=O)Cc2c-1c(=O)c1cc(F)cc(OCCN3CCOCC3)c1n2C. The first-order chi connectivity index (χ1) is 18.2. The highest BCUT2D eigenvalue weighted by Gasteiger charge is 2.45. The lowest BCUT2D eigenvalue weighted by Gasteiger charge is -2.31. The van der Waals surface area contributed by atoms with Crippen LogP contribution in [0.3, 0.4) is 0 Å². The number of morpholine rings is 1. The Morgan fingerprint density at radius 2 is 1.92 bits per heavy atom. The van der Waals surface area contributed by atoms with E-state index in [9.17, 15) is 23.9 Å². The van der Waals surface area contributed by atoms with Crippen LogP contribution in [0.1, 0.15) is 30.2 Å². The second-order valence-electron chi connectivity index (χ2n) is 9.92. The molecule has 11 heteroatoms. The molecular weight excluding hydrogens is 497 g/mol. The van der Waals surface area contributed by atoms with Crippen molar-refractivity contribution in [1.82, 2.24) is 14.0 Å². The third kappa shape index (κ3) is 3.60. The number of pyridine rings is 2. The molecule has 1 saturated heterocycles. The zero-order chi connectivity index (χ0) is 26.8. The Hall–Kier alpha value is -3.54. The summed E-state index contributed by atoms with van der Waals surface area (Å²) in [7, 11) is 1.75. The molecule has 0 spiro atoms. The highest BCUT2D eigenvalue weighted by Crippen LogP contribution is 2.39. The zero-order valence-electron chi connectivity index (χ0n) is 21.2. The molecule has 5 heterocycles. The summed E-state index contributed by atoms with van der Waals surface area (Å²) in [6, 6.07) is 3.97. The summed E-state index contributed by atoms with van der Waals surface area (Å²) in [4.78, 5) is 41.9. The molecule has 0 unspecified atom stereocenters. The number of rotatable bonds is 5. The van der Waals surface area contributed by atoms with Crippen molar-refractivity contribution in [2.45, 2.75) is 32.1 Å². The van der Waals surface area contributed by atoms with Crippen LogP contribution in [0.15, 0.2) is 27.8 Å². The molecule has 200 valence electrons. The van der Waals surface area contributed by atoms with Gasteiger partial charge in [0.05, 0.1) is 53.2 Å². The summed E-state index contributed by atoms with van der Waals surface area (Å²) in [6.45, 7) is 5.29. The van der Waals surface area contributed by atoms with Crippen LogP contribution in [-0.4, -0.2) is 64.6 Å². The van der Waals surface area contributed by atoms with E-state index in [-0.39, 0.29) is 53.1 Å². The fourth-order valence-corrected chi connectivity index (χ4v) is 5.74. The number of halogens is 1. The maximum Gasteiger partial charge on any atom is 0.343 e. The summed E-state index contributed by atoms with van der Waals surface area (Å²) < 4.78 is 34.4. The Labute approximate surface area is 216 Å². The average molecular weight is 526 g/mol. The molecule has 0 amide bonds. The molecule has 0 bridgehead atoms. The number of cyclic esters (lactones) is 1. The average Bonchev–Trinajstić information content (AvgIpc) is 3.31. The number of aromatic nitrogens is 2. The number of hydrogen-bond acceptors (Lipinski definition) is 8. The molecular formula is C27H28FN3O7. The third-order valence-electron chi connectivity index (χ3n) is 7.92. The molecule has 2 aromatic heterocycles. The first-order valence-corrected chi connectivity index (χ1v) is 12.7.